The summed E-state index contributed by atoms with van der Waals surface area (Å²) in [5.41, 5.74) is 1.27. The number of aromatic nitrogens is 4. The fourth-order valence-corrected chi connectivity index (χ4v) is 1.13. The van der Waals surface area contributed by atoms with Crippen LogP contribution in [0.3, 0.4) is 0 Å². The van der Waals surface area contributed by atoms with E-state index in [0.717, 1.165) is 11.8 Å². The highest BCUT2D eigenvalue weighted by molar-refractivity contribution is 5.73. The summed E-state index contributed by atoms with van der Waals surface area (Å²) in [4.78, 5) is 18.4. The van der Waals surface area contributed by atoms with Crippen molar-refractivity contribution in [1.29, 1.82) is 0 Å². The molecule has 0 saturated heterocycles. The van der Waals surface area contributed by atoms with E-state index in [1.54, 1.807) is 23.1 Å². The third-order valence-corrected chi connectivity index (χ3v) is 1.85. The fraction of sp³-hybridized carbons (Fsp3) is 0.111. The lowest BCUT2D eigenvalue weighted by Crippen LogP contribution is -1.98. The number of aryl methyl sites for hydroxylation is 1. The summed E-state index contributed by atoms with van der Waals surface area (Å²) in [5.74, 6) is 0.649. The van der Waals surface area contributed by atoms with Gasteiger partial charge in [-0.05, 0) is 12.5 Å². The molecule has 14 heavy (non-hydrogen) atoms. The highest BCUT2D eigenvalue weighted by Gasteiger charge is 2.05. The van der Waals surface area contributed by atoms with Crippen LogP contribution in [0.5, 0.6) is 0 Å². The fourth-order valence-electron chi connectivity index (χ4n) is 1.13. The summed E-state index contributed by atoms with van der Waals surface area (Å²) in [6.07, 6.45) is 5.55. The van der Waals surface area contributed by atoms with E-state index in [1.165, 1.54) is 6.33 Å². The first-order valence-corrected chi connectivity index (χ1v) is 4.09. The maximum absolute atomic E-state index is 10.6. The molecule has 5 nitrogen and oxygen atoms in total. The molecule has 0 N–H and O–H groups in total. The zero-order valence-electron chi connectivity index (χ0n) is 7.58. The molecule has 0 amide bonds. The van der Waals surface area contributed by atoms with Crippen molar-refractivity contribution in [2.24, 2.45) is 0 Å². The Labute approximate surface area is 80.4 Å². The van der Waals surface area contributed by atoms with Crippen LogP contribution in [0.2, 0.25) is 0 Å². The predicted octanol–water partition coefficient (Wildman–Crippen LogP) is 0.783. The second kappa shape index (κ2) is 3.37. The minimum atomic E-state index is 0.434. The summed E-state index contributed by atoms with van der Waals surface area (Å²) in [6, 6.07) is 1.72. The van der Waals surface area contributed by atoms with Crippen molar-refractivity contribution in [3.8, 4) is 5.82 Å². The average Bonchev–Trinajstić information content (AvgIpc) is 2.61. The van der Waals surface area contributed by atoms with Gasteiger partial charge in [0.2, 0.25) is 0 Å². The molecule has 2 heterocycles. The molecule has 0 unspecified atom stereocenters. The van der Waals surface area contributed by atoms with Crippen LogP contribution in [0.25, 0.3) is 5.82 Å². The Morgan fingerprint density at radius 1 is 1.50 bits per heavy atom. The third kappa shape index (κ3) is 1.39. The van der Waals surface area contributed by atoms with Crippen molar-refractivity contribution in [2.45, 2.75) is 6.92 Å². The first kappa shape index (κ1) is 8.55. The number of carbonyl (C=O) groups excluding carboxylic acids is 1. The number of nitrogens with zero attached hydrogens (tertiary/aromatic N) is 4. The Hall–Kier alpha value is -2.04. The van der Waals surface area contributed by atoms with Crippen LogP contribution in [0.15, 0.2) is 24.8 Å². The van der Waals surface area contributed by atoms with E-state index in [1.807, 2.05) is 6.92 Å². The molecule has 0 bridgehead atoms. The van der Waals surface area contributed by atoms with Gasteiger partial charge in [-0.15, -0.1) is 0 Å². The van der Waals surface area contributed by atoms with Crippen LogP contribution in [-0.2, 0) is 0 Å². The zero-order valence-corrected chi connectivity index (χ0v) is 7.58. The van der Waals surface area contributed by atoms with E-state index in [-0.39, 0.29) is 0 Å². The van der Waals surface area contributed by atoms with E-state index >= 15 is 0 Å². The number of hydrogen-bond acceptors (Lipinski definition) is 4. The topological polar surface area (TPSA) is 60.7 Å². The van der Waals surface area contributed by atoms with Crippen molar-refractivity contribution in [3.63, 3.8) is 0 Å². The minimum Gasteiger partial charge on any atom is -0.296 e. The van der Waals surface area contributed by atoms with Crippen molar-refractivity contribution in [2.75, 3.05) is 0 Å². The van der Waals surface area contributed by atoms with Crippen molar-refractivity contribution in [3.05, 3.63) is 36.0 Å². The van der Waals surface area contributed by atoms with Gasteiger partial charge < -0.3 is 0 Å². The van der Waals surface area contributed by atoms with Crippen LogP contribution in [0.4, 0.5) is 0 Å². The monoisotopic (exact) mass is 188 g/mol. The Morgan fingerprint density at radius 2 is 2.36 bits per heavy atom. The summed E-state index contributed by atoms with van der Waals surface area (Å²) in [7, 11) is 0. The first-order chi connectivity index (χ1) is 6.81. The van der Waals surface area contributed by atoms with E-state index in [9.17, 15) is 4.79 Å². The van der Waals surface area contributed by atoms with Crippen LogP contribution in [0.1, 0.15) is 16.1 Å². The van der Waals surface area contributed by atoms with Crippen LogP contribution in [0, 0.1) is 6.92 Å². The van der Waals surface area contributed by atoms with Gasteiger partial charge >= 0.3 is 0 Å². The average molecular weight is 188 g/mol. The maximum Gasteiger partial charge on any atom is 0.170 e. The molecule has 0 aliphatic heterocycles. The summed E-state index contributed by atoms with van der Waals surface area (Å²) in [6.45, 7) is 1.83. The first-order valence-electron chi connectivity index (χ1n) is 4.09. The quantitative estimate of drug-likeness (QED) is 0.653. The Bertz CT molecular complexity index is 449. The van der Waals surface area contributed by atoms with Crippen LogP contribution < -0.4 is 0 Å². The lowest BCUT2D eigenvalue weighted by molar-refractivity contribution is 0.111. The van der Waals surface area contributed by atoms with E-state index in [4.69, 9.17) is 0 Å². The molecule has 0 aromatic carbocycles. The normalized spacial score (nSPS) is 10.1. The number of rotatable bonds is 2. The second-order valence-corrected chi connectivity index (χ2v) is 2.83. The molecule has 0 fully saturated rings. The highest BCUT2D eigenvalue weighted by atomic mass is 16.1. The lowest BCUT2D eigenvalue weighted by atomic mass is 10.3. The van der Waals surface area contributed by atoms with Gasteiger partial charge in [-0.25, -0.2) is 14.6 Å². The van der Waals surface area contributed by atoms with Crippen molar-refractivity contribution in [1.82, 2.24) is 19.7 Å². The van der Waals surface area contributed by atoms with E-state index in [2.05, 4.69) is 15.1 Å². The SMILES string of the molecule is Cc1cn(-c2ccncn2)nc1C=O. The van der Waals surface area contributed by atoms with Gasteiger partial charge in [-0.3, -0.25) is 4.79 Å². The largest absolute Gasteiger partial charge is 0.296 e. The van der Waals surface area contributed by atoms with Gasteiger partial charge in [0.1, 0.15) is 12.0 Å². The number of aldehydes is 1. The molecular weight excluding hydrogens is 180 g/mol. The molecule has 70 valence electrons. The number of hydrogen-bond donors (Lipinski definition) is 0. The molecular formula is C9H8N4O. The number of carbonyl (C=O) groups is 1. The highest BCUT2D eigenvalue weighted by Crippen LogP contribution is 2.06. The van der Waals surface area contributed by atoms with Gasteiger partial charge in [-0.2, -0.15) is 5.10 Å². The smallest absolute Gasteiger partial charge is 0.170 e. The summed E-state index contributed by atoms with van der Waals surface area (Å²) in [5, 5.41) is 4.06. The van der Waals surface area contributed by atoms with E-state index in [0.29, 0.717) is 11.5 Å². The van der Waals surface area contributed by atoms with Gasteiger partial charge in [0.15, 0.2) is 12.1 Å². The van der Waals surface area contributed by atoms with Crippen LogP contribution in [-0.4, -0.2) is 26.0 Å². The van der Waals surface area contributed by atoms with Crippen molar-refractivity contribution >= 4 is 6.29 Å². The molecule has 0 radical (unpaired) electrons. The van der Waals surface area contributed by atoms with Gasteiger partial charge in [-0.1, -0.05) is 0 Å². The van der Waals surface area contributed by atoms with Crippen molar-refractivity contribution < 1.29 is 4.79 Å². The summed E-state index contributed by atoms with van der Waals surface area (Å²) < 4.78 is 1.56. The molecule has 0 atom stereocenters. The molecule has 2 aromatic heterocycles. The lowest BCUT2D eigenvalue weighted by Gasteiger charge is -1.96. The standard InChI is InChI=1S/C9H8N4O/c1-7-4-13(12-8(7)5-14)9-2-3-10-6-11-9/h2-6H,1H3. The van der Waals surface area contributed by atoms with E-state index < -0.39 is 0 Å². The van der Waals surface area contributed by atoms with Gasteiger partial charge in [0, 0.05) is 18.5 Å². The summed E-state index contributed by atoms with van der Waals surface area (Å²) >= 11 is 0. The Morgan fingerprint density at radius 3 is 2.93 bits per heavy atom. The molecule has 2 aromatic rings. The second-order valence-electron chi connectivity index (χ2n) is 2.83. The Kier molecular flexibility index (Phi) is 2.06. The molecule has 2 rings (SSSR count). The molecule has 0 spiro atoms. The van der Waals surface area contributed by atoms with Gasteiger partial charge in [0.25, 0.3) is 0 Å². The maximum atomic E-state index is 10.6. The molecule has 0 saturated carbocycles. The minimum absolute atomic E-state index is 0.434. The van der Waals surface area contributed by atoms with Gasteiger partial charge in [0.05, 0.1) is 0 Å². The molecule has 5 heteroatoms. The zero-order chi connectivity index (χ0) is 9.97. The Balaban J connectivity index is 2.48. The van der Waals surface area contributed by atoms with Crippen LogP contribution >= 0.6 is 0 Å². The third-order valence-electron chi connectivity index (χ3n) is 1.85. The predicted molar refractivity (Wildman–Crippen MR) is 49.3 cm³/mol. The molecule has 0 aliphatic carbocycles. The molecule has 0 aliphatic rings.